The number of hydrogen-bond acceptors (Lipinski definition) is 7. The number of rotatable bonds is 9. The Bertz CT molecular complexity index is 1290. The van der Waals surface area contributed by atoms with Crippen LogP contribution >= 0.6 is 23.7 Å². The molecule has 11 heteroatoms. The van der Waals surface area contributed by atoms with Crippen molar-refractivity contribution in [2.75, 3.05) is 52.3 Å². The first kappa shape index (κ1) is 28.5. The first-order chi connectivity index (χ1) is 16.7. The lowest BCUT2D eigenvalue weighted by Crippen LogP contribution is -2.37. The standard InChI is InChI=1S/C25H32N4O4S2.ClH/c1-18-7-5-9-22-23(18)26-25(34-22)29(15-14-27(2)3)24(30)19-10-12-21(13-11-19)35(31,32)28(4)17-20-8-6-16-33-20;/h5,7,9-13,20H,6,8,14-17H2,1-4H3;1H. The van der Waals surface area contributed by atoms with Gasteiger partial charge in [-0.15, -0.1) is 12.4 Å². The van der Waals surface area contributed by atoms with Crippen LogP contribution in [0.4, 0.5) is 5.13 Å². The summed E-state index contributed by atoms with van der Waals surface area (Å²) in [6, 6.07) is 12.2. The zero-order chi connectivity index (χ0) is 25.2. The van der Waals surface area contributed by atoms with Crippen molar-refractivity contribution in [3.05, 3.63) is 53.6 Å². The number of aromatic nitrogens is 1. The van der Waals surface area contributed by atoms with Crippen molar-refractivity contribution in [3.63, 3.8) is 0 Å². The Morgan fingerprint density at radius 2 is 1.83 bits per heavy atom. The maximum Gasteiger partial charge on any atom is 0.260 e. The van der Waals surface area contributed by atoms with Gasteiger partial charge in [-0.3, -0.25) is 9.69 Å². The summed E-state index contributed by atoms with van der Waals surface area (Å²) >= 11 is 1.48. The van der Waals surface area contributed by atoms with E-state index in [0.717, 1.165) is 28.6 Å². The Morgan fingerprint density at radius 3 is 2.44 bits per heavy atom. The van der Waals surface area contributed by atoms with Crippen molar-refractivity contribution in [1.29, 1.82) is 0 Å². The van der Waals surface area contributed by atoms with Gasteiger partial charge in [-0.1, -0.05) is 23.5 Å². The lowest BCUT2D eigenvalue weighted by Gasteiger charge is -2.23. The minimum absolute atomic E-state index is 0. The first-order valence-electron chi connectivity index (χ1n) is 11.7. The number of benzene rings is 2. The monoisotopic (exact) mass is 552 g/mol. The average Bonchev–Trinajstić information content (AvgIpc) is 3.49. The summed E-state index contributed by atoms with van der Waals surface area (Å²) in [5, 5.41) is 0.633. The molecule has 1 aliphatic heterocycles. The average molecular weight is 553 g/mol. The predicted molar refractivity (Wildman–Crippen MR) is 147 cm³/mol. The highest BCUT2D eigenvalue weighted by Gasteiger charge is 2.27. The van der Waals surface area contributed by atoms with Crippen LogP contribution in [-0.2, 0) is 14.8 Å². The van der Waals surface area contributed by atoms with Crippen molar-refractivity contribution >= 4 is 55.0 Å². The van der Waals surface area contributed by atoms with E-state index in [1.54, 1.807) is 24.1 Å². The van der Waals surface area contributed by atoms with Gasteiger partial charge in [-0.25, -0.2) is 13.4 Å². The number of halogens is 1. The molecule has 1 unspecified atom stereocenters. The third kappa shape index (κ3) is 6.24. The highest BCUT2D eigenvalue weighted by atomic mass is 35.5. The highest BCUT2D eigenvalue weighted by Crippen LogP contribution is 2.31. The Morgan fingerprint density at radius 1 is 1.11 bits per heavy atom. The van der Waals surface area contributed by atoms with E-state index in [1.807, 2.05) is 44.1 Å². The van der Waals surface area contributed by atoms with Gasteiger partial charge in [0, 0.05) is 38.9 Å². The second kappa shape index (κ2) is 12.0. The summed E-state index contributed by atoms with van der Waals surface area (Å²) in [4.78, 5) is 22.1. The first-order valence-corrected chi connectivity index (χ1v) is 13.9. The fraction of sp³-hybridized carbons (Fsp3) is 0.440. The Labute approximate surface area is 223 Å². The smallest absolute Gasteiger partial charge is 0.260 e. The maximum atomic E-state index is 13.5. The van der Waals surface area contributed by atoms with Crippen molar-refractivity contribution in [3.8, 4) is 0 Å². The molecule has 0 saturated carbocycles. The van der Waals surface area contributed by atoms with Gasteiger partial charge in [0.1, 0.15) is 0 Å². The highest BCUT2D eigenvalue weighted by molar-refractivity contribution is 7.89. The third-order valence-corrected chi connectivity index (χ3v) is 9.03. The quantitative estimate of drug-likeness (QED) is 0.398. The van der Waals surface area contributed by atoms with Crippen LogP contribution in [0.25, 0.3) is 10.2 Å². The summed E-state index contributed by atoms with van der Waals surface area (Å²) in [6.45, 7) is 4.13. The summed E-state index contributed by atoms with van der Waals surface area (Å²) in [5.74, 6) is -0.208. The minimum atomic E-state index is -3.67. The molecule has 1 amide bonds. The zero-order valence-corrected chi connectivity index (χ0v) is 23.5. The number of aryl methyl sites for hydroxylation is 1. The van der Waals surface area contributed by atoms with Crippen LogP contribution in [0.3, 0.4) is 0 Å². The van der Waals surface area contributed by atoms with Crippen LogP contribution in [0.2, 0.25) is 0 Å². The molecular weight excluding hydrogens is 520 g/mol. The third-order valence-electron chi connectivity index (χ3n) is 6.15. The van der Waals surface area contributed by atoms with Crippen molar-refractivity contribution in [1.82, 2.24) is 14.2 Å². The number of hydrogen-bond donors (Lipinski definition) is 0. The fourth-order valence-electron chi connectivity index (χ4n) is 4.05. The lowest BCUT2D eigenvalue weighted by atomic mass is 10.2. The molecule has 3 aromatic rings. The number of carbonyl (C=O) groups is 1. The van der Waals surface area contributed by atoms with E-state index in [9.17, 15) is 13.2 Å². The van der Waals surface area contributed by atoms with Crippen LogP contribution in [0.5, 0.6) is 0 Å². The molecule has 2 heterocycles. The van der Waals surface area contributed by atoms with Crippen LogP contribution in [0.15, 0.2) is 47.4 Å². The molecule has 36 heavy (non-hydrogen) atoms. The van der Waals surface area contributed by atoms with E-state index in [0.29, 0.717) is 36.9 Å². The molecule has 4 rings (SSSR count). The summed E-state index contributed by atoms with van der Waals surface area (Å²) in [6.07, 6.45) is 1.74. The normalized spacial score (nSPS) is 16.0. The van der Waals surface area contributed by atoms with E-state index >= 15 is 0 Å². The van der Waals surface area contributed by atoms with E-state index in [4.69, 9.17) is 9.72 Å². The van der Waals surface area contributed by atoms with Gasteiger partial charge in [0.05, 0.1) is 21.2 Å². The summed E-state index contributed by atoms with van der Waals surface area (Å²) in [7, 11) is 1.80. The predicted octanol–water partition coefficient (Wildman–Crippen LogP) is 4.03. The second-order valence-electron chi connectivity index (χ2n) is 9.12. The number of carbonyl (C=O) groups excluding carboxylic acids is 1. The largest absolute Gasteiger partial charge is 0.377 e. The topological polar surface area (TPSA) is 83.1 Å². The number of nitrogens with zero attached hydrogens (tertiary/aromatic N) is 4. The SMILES string of the molecule is Cc1cccc2sc(N(CCN(C)C)C(=O)c3ccc(S(=O)(=O)N(C)CC4CCCO4)cc3)nc12.Cl. The van der Waals surface area contributed by atoms with Crippen LogP contribution in [0.1, 0.15) is 28.8 Å². The van der Waals surface area contributed by atoms with Crippen LogP contribution in [0, 0.1) is 6.92 Å². The number of anilines is 1. The summed E-state index contributed by atoms with van der Waals surface area (Å²) < 4.78 is 34.0. The molecule has 1 atom stereocenters. The Kier molecular flexibility index (Phi) is 9.48. The minimum Gasteiger partial charge on any atom is -0.377 e. The van der Waals surface area contributed by atoms with Crippen molar-refractivity contribution in [2.24, 2.45) is 0 Å². The molecule has 1 fully saturated rings. The van der Waals surface area contributed by atoms with E-state index < -0.39 is 10.0 Å². The van der Waals surface area contributed by atoms with Gasteiger partial charge in [0.15, 0.2) is 5.13 Å². The fourth-order valence-corrected chi connectivity index (χ4v) is 6.32. The molecule has 8 nitrogen and oxygen atoms in total. The molecule has 196 valence electrons. The molecule has 1 aromatic heterocycles. The van der Waals surface area contributed by atoms with Crippen LogP contribution in [-0.4, -0.2) is 82.0 Å². The molecule has 0 N–H and O–H groups in total. The van der Waals surface area contributed by atoms with Crippen molar-refractivity contribution in [2.45, 2.75) is 30.8 Å². The van der Waals surface area contributed by atoms with Gasteiger partial charge in [-0.05, 0) is 69.8 Å². The van der Waals surface area contributed by atoms with Gasteiger partial charge >= 0.3 is 0 Å². The molecule has 0 aliphatic carbocycles. The maximum absolute atomic E-state index is 13.5. The number of likely N-dealkylation sites (N-methyl/N-ethyl adjacent to an activating group) is 2. The molecular formula is C25H33ClN4O4S2. The van der Waals surface area contributed by atoms with Crippen LogP contribution < -0.4 is 4.90 Å². The number of ether oxygens (including phenoxy) is 1. The number of thiazole rings is 1. The van der Waals surface area contributed by atoms with E-state index in [1.165, 1.54) is 27.8 Å². The van der Waals surface area contributed by atoms with Gasteiger partial charge in [0.25, 0.3) is 5.91 Å². The number of sulfonamides is 1. The van der Waals surface area contributed by atoms with Gasteiger partial charge in [-0.2, -0.15) is 4.31 Å². The lowest BCUT2D eigenvalue weighted by molar-refractivity contribution is 0.0978. The molecule has 2 aromatic carbocycles. The molecule has 0 spiro atoms. The number of fused-ring (bicyclic) bond motifs is 1. The van der Waals surface area contributed by atoms with E-state index in [-0.39, 0.29) is 29.3 Å². The Hall–Kier alpha value is -2.08. The molecule has 1 saturated heterocycles. The van der Waals surface area contributed by atoms with E-state index in [2.05, 4.69) is 0 Å². The number of para-hydroxylation sites is 1. The molecule has 1 aliphatic rings. The summed E-state index contributed by atoms with van der Waals surface area (Å²) in [5.41, 5.74) is 2.37. The second-order valence-corrected chi connectivity index (χ2v) is 12.2. The van der Waals surface area contributed by atoms with Crippen molar-refractivity contribution < 1.29 is 17.9 Å². The molecule has 0 bridgehead atoms. The Balaban J connectivity index is 0.00000361. The van der Waals surface area contributed by atoms with Gasteiger partial charge in [0.2, 0.25) is 10.0 Å². The zero-order valence-electron chi connectivity index (χ0n) is 21.0. The van der Waals surface area contributed by atoms with Gasteiger partial charge < -0.3 is 9.64 Å². The molecule has 0 radical (unpaired) electrons. The number of amides is 1.